The first-order chi connectivity index (χ1) is 7.01. The number of fused-ring (bicyclic) bond motifs is 2. The predicted octanol–water partition coefficient (Wildman–Crippen LogP) is 3.64. The Morgan fingerprint density at radius 3 is 2.67 bits per heavy atom. The zero-order chi connectivity index (χ0) is 11.1. The van der Waals surface area contributed by atoms with Crippen LogP contribution < -0.4 is 0 Å². The molecule has 2 bridgehead atoms. The lowest BCUT2D eigenvalue weighted by Gasteiger charge is -2.34. The molecule has 2 aliphatic rings. The van der Waals surface area contributed by atoms with Gasteiger partial charge in [0, 0.05) is 12.4 Å². The first-order valence-electron chi connectivity index (χ1n) is 4.95. The Labute approximate surface area is 94.9 Å². The third-order valence-electron chi connectivity index (χ3n) is 3.14. The number of hydrogen-bond acceptors (Lipinski definition) is 3. The maximum absolute atomic E-state index is 13.1. The highest BCUT2D eigenvalue weighted by molar-refractivity contribution is 8.78. The van der Waals surface area contributed by atoms with E-state index < -0.39 is 17.0 Å². The van der Waals surface area contributed by atoms with Crippen molar-refractivity contribution in [1.29, 1.82) is 0 Å². The van der Waals surface area contributed by atoms with E-state index in [0.717, 1.165) is 23.6 Å². The van der Waals surface area contributed by atoms with E-state index in [0.29, 0.717) is 6.42 Å². The summed E-state index contributed by atoms with van der Waals surface area (Å²) in [5, 5.41) is 0.00382. The van der Waals surface area contributed by atoms with Crippen LogP contribution in [0.25, 0.3) is 0 Å². The summed E-state index contributed by atoms with van der Waals surface area (Å²) in [6.07, 6.45) is -2.25. The van der Waals surface area contributed by atoms with Gasteiger partial charge in [0.1, 0.15) is 4.75 Å². The summed E-state index contributed by atoms with van der Waals surface area (Å²) in [6, 6.07) is 0. The summed E-state index contributed by atoms with van der Waals surface area (Å²) in [5.41, 5.74) is 0. The fourth-order valence-electron chi connectivity index (χ4n) is 2.35. The van der Waals surface area contributed by atoms with Gasteiger partial charge in [0.2, 0.25) is 0 Å². The first kappa shape index (κ1) is 11.9. The highest BCUT2D eigenvalue weighted by atomic mass is 33.1. The van der Waals surface area contributed by atoms with Crippen molar-refractivity contribution in [3.05, 3.63) is 0 Å². The summed E-state index contributed by atoms with van der Waals surface area (Å²) in [5.74, 6) is 0. The van der Waals surface area contributed by atoms with Crippen molar-refractivity contribution in [3.8, 4) is 0 Å². The highest BCUT2D eigenvalue weighted by Crippen LogP contribution is 2.63. The Bertz CT molecular complexity index is 246. The summed E-state index contributed by atoms with van der Waals surface area (Å²) in [6.45, 7) is 0. The van der Waals surface area contributed by atoms with Crippen molar-refractivity contribution in [2.75, 3.05) is 7.11 Å². The molecule has 1 heterocycles. The summed E-state index contributed by atoms with van der Waals surface area (Å²) in [4.78, 5) is 0. The van der Waals surface area contributed by atoms with E-state index in [4.69, 9.17) is 4.74 Å². The minimum Gasteiger partial charge on any atom is -0.378 e. The molecule has 2 fully saturated rings. The second kappa shape index (κ2) is 4.04. The van der Waals surface area contributed by atoms with Crippen molar-refractivity contribution in [3.63, 3.8) is 0 Å². The largest absolute Gasteiger partial charge is 0.406 e. The standard InChI is InChI=1S/C9H13F3OS2/c1-13-7-6-4-2-3-5-8(7,15-14-6)9(10,11)12/h6-7H,2-5H2,1H3. The summed E-state index contributed by atoms with van der Waals surface area (Å²) in [7, 11) is 3.74. The lowest BCUT2D eigenvalue weighted by atomic mass is 9.95. The fraction of sp³-hybridized carbons (Fsp3) is 1.00. The molecule has 0 amide bonds. The Balaban J connectivity index is 2.33. The SMILES string of the molecule is COC1C2CCCCC1(C(F)(F)F)SS2. The molecule has 1 nitrogen and oxygen atoms in total. The molecule has 1 aliphatic carbocycles. The zero-order valence-electron chi connectivity index (χ0n) is 8.34. The molecule has 0 radical (unpaired) electrons. The fourth-order valence-corrected chi connectivity index (χ4v) is 6.42. The summed E-state index contributed by atoms with van der Waals surface area (Å²) < 4.78 is 42.8. The van der Waals surface area contributed by atoms with E-state index >= 15 is 0 Å². The summed E-state index contributed by atoms with van der Waals surface area (Å²) >= 11 is 0. The predicted molar refractivity (Wildman–Crippen MR) is 57.0 cm³/mol. The van der Waals surface area contributed by atoms with Crippen LogP contribution in [0.5, 0.6) is 0 Å². The quantitative estimate of drug-likeness (QED) is 0.665. The average Bonchev–Trinajstić information content (AvgIpc) is 2.35. The second-order valence-electron chi connectivity index (χ2n) is 4.01. The van der Waals surface area contributed by atoms with Crippen LogP contribution in [0.2, 0.25) is 0 Å². The molecular formula is C9H13F3OS2. The van der Waals surface area contributed by atoms with E-state index in [2.05, 4.69) is 0 Å². The van der Waals surface area contributed by atoms with Crippen molar-refractivity contribution < 1.29 is 17.9 Å². The van der Waals surface area contributed by atoms with Crippen LogP contribution >= 0.6 is 21.6 Å². The lowest BCUT2D eigenvalue weighted by molar-refractivity contribution is -0.185. The molecule has 3 atom stereocenters. The smallest absolute Gasteiger partial charge is 0.378 e. The monoisotopic (exact) mass is 258 g/mol. The number of ether oxygens (including phenoxy) is 1. The Hall–Kier alpha value is 0.450. The molecule has 0 aromatic carbocycles. The van der Waals surface area contributed by atoms with Crippen molar-refractivity contribution >= 4 is 21.6 Å². The molecule has 1 saturated carbocycles. The van der Waals surface area contributed by atoms with Crippen LogP contribution in [-0.2, 0) is 4.74 Å². The van der Waals surface area contributed by atoms with Crippen LogP contribution in [0.3, 0.4) is 0 Å². The number of alkyl halides is 3. The number of halogens is 3. The third kappa shape index (κ3) is 1.78. The molecule has 15 heavy (non-hydrogen) atoms. The Kier molecular flexibility index (Phi) is 3.21. The number of rotatable bonds is 1. The normalized spacial score (nSPS) is 41.6. The Morgan fingerprint density at radius 1 is 1.33 bits per heavy atom. The van der Waals surface area contributed by atoms with Gasteiger partial charge in [0.25, 0.3) is 0 Å². The molecular weight excluding hydrogens is 245 g/mol. The van der Waals surface area contributed by atoms with Crippen LogP contribution in [0, 0.1) is 0 Å². The van der Waals surface area contributed by atoms with Crippen molar-refractivity contribution in [1.82, 2.24) is 0 Å². The molecule has 3 unspecified atom stereocenters. The molecule has 0 N–H and O–H groups in total. The van der Waals surface area contributed by atoms with E-state index in [1.165, 1.54) is 17.9 Å². The molecule has 1 aliphatic heterocycles. The minimum atomic E-state index is -4.16. The van der Waals surface area contributed by atoms with Gasteiger partial charge >= 0.3 is 6.18 Å². The molecule has 0 spiro atoms. The van der Waals surface area contributed by atoms with Gasteiger partial charge in [-0.15, -0.1) is 0 Å². The van der Waals surface area contributed by atoms with Gasteiger partial charge in [-0.3, -0.25) is 0 Å². The van der Waals surface area contributed by atoms with Crippen molar-refractivity contribution in [2.24, 2.45) is 0 Å². The van der Waals surface area contributed by atoms with Gasteiger partial charge in [0.15, 0.2) is 0 Å². The molecule has 0 aromatic heterocycles. The number of methoxy groups -OCH3 is 1. The number of hydrogen-bond donors (Lipinski definition) is 0. The van der Waals surface area contributed by atoms with E-state index in [1.54, 1.807) is 0 Å². The van der Waals surface area contributed by atoms with E-state index in [9.17, 15) is 13.2 Å². The van der Waals surface area contributed by atoms with E-state index in [-0.39, 0.29) is 11.7 Å². The van der Waals surface area contributed by atoms with Gasteiger partial charge in [-0.05, 0) is 12.8 Å². The topological polar surface area (TPSA) is 9.23 Å². The Morgan fingerprint density at radius 2 is 2.07 bits per heavy atom. The molecule has 88 valence electrons. The van der Waals surface area contributed by atoms with Crippen LogP contribution in [0.15, 0.2) is 0 Å². The molecule has 2 rings (SSSR count). The van der Waals surface area contributed by atoms with Gasteiger partial charge in [-0.25, -0.2) is 0 Å². The van der Waals surface area contributed by atoms with Gasteiger partial charge in [-0.2, -0.15) is 13.2 Å². The van der Waals surface area contributed by atoms with Gasteiger partial charge < -0.3 is 4.74 Å². The third-order valence-corrected chi connectivity index (χ3v) is 6.85. The van der Waals surface area contributed by atoms with Gasteiger partial charge in [-0.1, -0.05) is 34.4 Å². The zero-order valence-corrected chi connectivity index (χ0v) is 9.97. The van der Waals surface area contributed by atoms with Crippen LogP contribution in [0.4, 0.5) is 13.2 Å². The first-order valence-corrected chi connectivity index (χ1v) is 7.16. The van der Waals surface area contributed by atoms with Crippen LogP contribution in [0.1, 0.15) is 25.7 Å². The maximum Gasteiger partial charge on any atom is 0.406 e. The lowest BCUT2D eigenvalue weighted by Crippen LogP contribution is -2.51. The minimum absolute atomic E-state index is 0.00382. The highest BCUT2D eigenvalue weighted by Gasteiger charge is 2.66. The molecule has 6 heteroatoms. The van der Waals surface area contributed by atoms with Crippen LogP contribution in [-0.4, -0.2) is 29.4 Å². The second-order valence-corrected chi connectivity index (χ2v) is 6.78. The maximum atomic E-state index is 13.1. The van der Waals surface area contributed by atoms with E-state index in [1.807, 2.05) is 0 Å². The van der Waals surface area contributed by atoms with Gasteiger partial charge in [0.05, 0.1) is 6.10 Å². The van der Waals surface area contributed by atoms with Crippen molar-refractivity contribution in [2.45, 2.75) is 48.0 Å². The molecule has 0 aromatic rings. The molecule has 1 saturated heterocycles. The average molecular weight is 258 g/mol.